The van der Waals surface area contributed by atoms with Crippen molar-refractivity contribution in [2.24, 2.45) is 0 Å². The normalized spacial score (nSPS) is 18.3. The Morgan fingerprint density at radius 2 is 1.79 bits per heavy atom. The van der Waals surface area contributed by atoms with Crippen molar-refractivity contribution in [3.63, 3.8) is 0 Å². The van der Waals surface area contributed by atoms with Crippen LogP contribution in [0.3, 0.4) is 0 Å². The molecule has 1 fully saturated rings. The number of hydrogen-bond donors (Lipinski definition) is 0. The van der Waals surface area contributed by atoms with E-state index in [0.29, 0.717) is 5.92 Å². The molecule has 5 heteroatoms. The van der Waals surface area contributed by atoms with E-state index in [4.69, 9.17) is 4.98 Å². The highest BCUT2D eigenvalue weighted by Crippen LogP contribution is 2.29. The molecule has 3 heterocycles. The van der Waals surface area contributed by atoms with E-state index in [9.17, 15) is 0 Å². The van der Waals surface area contributed by atoms with Crippen LogP contribution in [0.2, 0.25) is 0 Å². The molecule has 1 saturated heterocycles. The van der Waals surface area contributed by atoms with Gasteiger partial charge in [-0.3, -0.25) is 4.98 Å². The van der Waals surface area contributed by atoms with E-state index in [1.54, 1.807) is 17.1 Å². The van der Waals surface area contributed by atoms with Crippen molar-refractivity contribution in [1.29, 1.82) is 0 Å². The van der Waals surface area contributed by atoms with Crippen LogP contribution in [-0.4, -0.2) is 32.8 Å². The molecule has 2 aromatic heterocycles. The molecule has 1 aliphatic heterocycles. The summed E-state index contributed by atoms with van der Waals surface area (Å²) < 4.78 is 1.75. The van der Waals surface area contributed by atoms with Crippen molar-refractivity contribution in [1.82, 2.24) is 19.7 Å². The fourth-order valence-electron chi connectivity index (χ4n) is 3.40. The first kappa shape index (κ1) is 14.9. The highest BCUT2D eigenvalue weighted by Gasteiger charge is 2.19. The highest BCUT2D eigenvalue weighted by molar-refractivity contribution is 5.39. The van der Waals surface area contributed by atoms with Crippen LogP contribution in [0.25, 0.3) is 5.82 Å². The lowest BCUT2D eigenvalue weighted by atomic mass is 9.92. The molecule has 1 aliphatic rings. The summed E-state index contributed by atoms with van der Waals surface area (Å²) in [6.45, 7) is 2.04. The topological polar surface area (TPSA) is 46.8 Å². The van der Waals surface area contributed by atoms with Gasteiger partial charge >= 0.3 is 0 Å². The van der Waals surface area contributed by atoms with Crippen LogP contribution in [0.4, 0.5) is 5.82 Å². The molecule has 0 N–H and O–H groups in total. The summed E-state index contributed by atoms with van der Waals surface area (Å²) in [5.41, 5.74) is 1.45. The van der Waals surface area contributed by atoms with E-state index < -0.39 is 0 Å². The van der Waals surface area contributed by atoms with Crippen LogP contribution in [0.15, 0.2) is 61.2 Å². The molecule has 5 nitrogen and oxygen atoms in total. The van der Waals surface area contributed by atoms with Gasteiger partial charge in [0.2, 0.25) is 0 Å². The number of aromatic nitrogens is 4. The van der Waals surface area contributed by atoms with E-state index in [-0.39, 0.29) is 0 Å². The predicted octanol–water partition coefficient (Wildman–Crippen LogP) is 3.44. The minimum atomic E-state index is 0.637. The second-order valence-electron chi connectivity index (χ2n) is 6.21. The Kier molecular flexibility index (Phi) is 4.23. The average Bonchev–Trinajstić information content (AvgIpc) is 3.07. The molecule has 24 heavy (non-hydrogen) atoms. The van der Waals surface area contributed by atoms with Gasteiger partial charge in [-0.25, -0.2) is 9.67 Å². The number of rotatable bonds is 3. The summed E-state index contributed by atoms with van der Waals surface area (Å²) in [7, 11) is 0. The summed E-state index contributed by atoms with van der Waals surface area (Å²) in [4.78, 5) is 11.5. The molecule has 4 rings (SSSR count). The largest absolute Gasteiger partial charge is 0.355 e. The summed E-state index contributed by atoms with van der Waals surface area (Å²) >= 11 is 0. The van der Waals surface area contributed by atoms with Crippen LogP contribution >= 0.6 is 0 Å². The lowest BCUT2D eigenvalue weighted by Crippen LogP contribution is -2.25. The first-order chi connectivity index (χ1) is 11.9. The number of hydrogen-bond acceptors (Lipinski definition) is 4. The van der Waals surface area contributed by atoms with Gasteiger partial charge in [-0.2, -0.15) is 5.10 Å². The third kappa shape index (κ3) is 3.15. The Morgan fingerprint density at radius 3 is 2.62 bits per heavy atom. The van der Waals surface area contributed by atoms with Gasteiger partial charge in [-0.1, -0.05) is 30.3 Å². The van der Waals surface area contributed by atoms with Gasteiger partial charge in [-0.05, 0) is 36.8 Å². The van der Waals surface area contributed by atoms with Gasteiger partial charge in [0.1, 0.15) is 5.82 Å². The lowest BCUT2D eigenvalue weighted by Gasteiger charge is -2.21. The number of benzene rings is 1. The number of nitrogens with zero attached hydrogens (tertiary/aromatic N) is 5. The third-order valence-corrected chi connectivity index (χ3v) is 4.67. The summed E-state index contributed by atoms with van der Waals surface area (Å²) in [5, 5.41) is 4.24. The van der Waals surface area contributed by atoms with Gasteiger partial charge in [0, 0.05) is 25.5 Å². The van der Waals surface area contributed by atoms with Crippen LogP contribution in [-0.2, 0) is 0 Å². The van der Waals surface area contributed by atoms with Crippen LogP contribution in [0, 0.1) is 0 Å². The second-order valence-corrected chi connectivity index (χ2v) is 6.21. The molecule has 0 unspecified atom stereocenters. The van der Waals surface area contributed by atoms with Gasteiger partial charge in [0.05, 0.1) is 12.4 Å². The van der Waals surface area contributed by atoms with Crippen molar-refractivity contribution in [2.75, 3.05) is 18.0 Å². The standard InChI is InChI=1S/C19H21N5/c1-2-6-16(7-3-1)17-8-4-11-23(13-9-17)18-14-20-15-19(22-18)24-12-5-10-21-24/h1-3,5-7,10,12,14-15,17H,4,8-9,11,13H2/t17-/m0/s1. The molecule has 1 aromatic carbocycles. The minimum Gasteiger partial charge on any atom is -0.355 e. The highest BCUT2D eigenvalue weighted by atomic mass is 15.3. The molecule has 0 aliphatic carbocycles. The predicted molar refractivity (Wildman–Crippen MR) is 94.4 cm³/mol. The summed E-state index contributed by atoms with van der Waals surface area (Å²) in [5.74, 6) is 2.34. The molecule has 0 radical (unpaired) electrons. The maximum Gasteiger partial charge on any atom is 0.173 e. The van der Waals surface area contributed by atoms with Gasteiger partial charge < -0.3 is 4.90 Å². The van der Waals surface area contributed by atoms with Gasteiger partial charge in [-0.15, -0.1) is 0 Å². The Hall–Kier alpha value is -2.69. The molecule has 0 bridgehead atoms. The van der Waals surface area contributed by atoms with E-state index in [1.165, 1.54) is 18.4 Å². The van der Waals surface area contributed by atoms with E-state index >= 15 is 0 Å². The molecule has 3 aromatic rings. The first-order valence-corrected chi connectivity index (χ1v) is 8.52. The fraction of sp³-hybridized carbons (Fsp3) is 0.316. The van der Waals surface area contributed by atoms with E-state index in [1.807, 2.05) is 18.5 Å². The Morgan fingerprint density at radius 1 is 0.917 bits per heavy atom. The summed E-state index contributed by atoms with van der Waals surface area (Å²) in [6.07, 6.45) is 10.8. The lowest BCUT2D eigenvalue weighted by molar-refractivity contribution is 0.612. The van der Waals surface area contributed by atoms with Crippen LogP contribution in [0.5, 0.6) is 0 Å². The Balaban J connectivity index is 1.50. The van der Waals surface area contributed by atoms with Crippen molar-refractivity contribution in [2.45, 2.75) is 25.2 Å². The van der Waals surface area contributed by atoms with E-state index in [2.05, 4.69) is 45.3 Å². The van der Waals surface area contributed by atoms with Crippen molar-refractivity contribution < 1.29 is 0 Å². The smallest absolute Gasteiger partial charge is 0.173 e. The molecular formula is C19H21N5. The fourth-order valence-corrected chi connectivity index (χ4v) is 3.40. The zero-order valence-electron chi connectivity index (χ0n) is 13.6. The Labute approximate surface area is 142 Å². The third-order valence-electron chi connectivity index (χ3n) is 4.67. The van der Waals surface area contributed by atoms with Gasteiger partial charge in [0.25, 0.3) is 0 Å². The number of anilines is 1. The molecular weight excluding hydrogens is 298 g/mol. The average molecular weight is 319 g/mol. The van der Waals surface area contributed by atoms with E-state index in [0.717, 1.165) is 31.1 Å². The van der Waals surface area contributed by atoms with Crippen LogP contribution in [0.1, 0.15) is 30.7 Å². The maximum absolute atomic E-state index is 4.74. The minimum absolute atomic E-state index is 0.637. The van der Waals surface area contributed by atoms with Crippen LogP contribution < -0.4 is 4.90 Å². The van der Waals surface area contributed by atoms with Gasteiger partial charge in [0.15, 0.2) is 5.82 Å². The van der Waals surface area contributed by atoms with Crippen molar-refractivity contribution in [3.05, 3.63) is 66.7 Å². The van der Waals surface area contributed by atoms with Crippen molar-refractivity contribution >= 4 is 5.82 Å². The molecule has 0 amide bonds. The SMILES string of the molecule is c1ccc([C@H]2CCCN(c3cncc(-n4cccn4)n3)CC2)cc1. The monoisotopic (exact) mass is 319 g/mol. The quantitative estimate of drug-likeness (QED) is 0.742. The maximum atomic E-state index is 4.74. The Bertz CT molecular complexity index is 769. The zero-order valence-corrected chi connectivity index (χ0v) is 13.6. The summed E-state index contributed by atoms with van der Waals surface area (Å²) in [6, 6.07) is 12.7. The molecule has 0 spiro atoms. The molecule has 122 valence electrons. The zero-order chi connectivity index (χ0) is 16.2. The first-order valence-electron chi connectivity index (χ1n) is 8.52. The molecule has 0 saturated carbocycles. The molecule has 1 atom stereocenters. The van der Waals surface area contributed by atoms with Crippen molar-refractivity contribution in [3.8, 4) is 5.82 Å². The second kappa shape index (κ2) is 6.83.